The number of nitrogens with zero attached hydrogens (tertiary/aromatic N) is 4. The molecule has 146 valence electrons. The lowest BCUT2D eigenvalue weighted by Crippen LogP contribution is -2.14. The molecular weight excluding hydrogens is 392 g/mol. The number of aryl methyl sites for hydroxylation is 1. The lowest BCUT2D eigenvalue weighted by atomic mass is 10.1. The van der Waals surface area contributed by atoms with Crippen molar-refractivity contribution in [2.45, 2.75) is 11.8 Å². The van der Waals surface area contributed by atoms with Crippen LogP contribution in [0.3, 0.4) is 0 Å². The Kier molecular flexibility index (Phi) is 4.57. The zero-order chi connectivity index (χ0) is 20.6. The number of nitrogens with one attached hydrogen (secondary N) is 1. The van der Waals surface area contributed by atoms with Crippen molar-refractivity contribution >= 4 is 27.3 Å². The number of hydrogen-bond donors (Lipinski definition) is 2. The van der Waals surface area contributed by atoms with Crippen molar-refractivity contribution in [3.8, 4) is 11.3 Å². The normalized spacial score (nSPS) is 11.5. The van der Waals surface area contributed by atoms with E-state index in [-0.39, 0.29) is 10.8 Å². The van der Waals surface area contributed by atoms with E-state index in [4.69, 9.17) is 5.14 Å². The van der Waals surface area contributed by atoms with E-state index < -0.39 is 10.0 Å². The first-order valence-electron chi connectivity index (χ1n) is 8.55. The zero-order valence-electron chi connectivity index (χ0n) is 15.3. The third-order valence-electron chi connectivity index (χ3n) is 4.28. The van der Waals surface area contributed by atoms with Crippen LogP contribution in [-0.2, 0) is 10.0 Å². The monoisotopic (exact) mass is 408 g/mol. The zero-order valence-corrected chi connectivity index (χ0v) is 16.1. The van der Waals surface area contributed by atoms with Gasteiger partial charge in [0, 0.05) is 16.8 Å². The van der Waals surface area contributed by atoms with Gasteiger partial charge in [-0.05, 0) is 55.5 Å². The van der Waals surface area contributed by atoms with Crippen LogP contribution < -0.4 is 10.5 Å². The summed E-state index contributed by atoms with van der Waals surface area (Å²) in [5, 5.41) is 20.4. The Labute approximate surface area is 166 Å². The summed E-state index contributed by atoms with van der Waals surface area (Å²) < 4.78 is 24.3. The lowest BCUT2D eigenvalue weighted by molar-refractivity contribution is 0.102. The van der Waals surface area contributed by atoms with Gasteiger partial charge in [0.2, 0.25) is 10.0 Å². The Balaban J connectivity index is 1.58. The van der Waals surface area contributed by atoms with E-state index in [2.05, 4.69) is 20.6 Å². The van der Waals surface area contributed by atoms with Crippen molar-refractivity contribution in [3.05, 3.63) is 72.1 Å². The van der Waals surface area contributed by atoms with Crippen molar-refractivity contribution in [3.63, 3.8) is 0 Å². The molecule has 0 bridgehead atoms. The average molecular weight is 408 g/mol. The number of aromatic nitrogens is 4. The third kappa shape index (κ3) is 3.84. The van der Waals surface area contributed by atoms with Gasteiger partial charge in [0.15, 0.2) is 11.5 Å². The Morgan fingerprint density at radius 2 is 1.79 bits per heavy atom. The molecule has 0 aliphatic carbocycles. The van der Waals surface area contributed by atoms with Crippen LogP contribution in [0.25, 0.3) is 16.9 Å². The van der Waals surface area contributed by atoms with Gasteiger partial charge in [-0.25, -0.2) is 13.6 Å². The van der Waals surface area contributed by atoms with E-state index in [0.29, 0.717) is 28.4 Å². The molecule has 1 amide bonds. The van der Waals surface area contributed by atoms with Crippen LogP contribution in [0, 0.1) is 6.92 Å². The minimum atomic E-state index is -3.80. The summed E-state index contributed by atoms with van der Waals surface area (Å²) in [5.41, 5.74) is 3.04. The van der Waals surface area contributed by atoms with Gasteiger partial charge in [-0.15, -0.1) is 10.2 Å². The van der Waals surface area contributed by atoms with Gasteiger partial charge in [0.1, 0.15) is 0 Å². The highest BCUT2D eigenvalue weighted by molar-refractivity contribution is 7.89. The number of carbonyl (C=O) groups is 1. The molecular formula is C19H16N6O3S. The van der Waals surface area contributed by atoms with Crippen LogP contribution in [0.5, 0.6) is 0 Å². The molecule has 0 fully saturated rings. The van der Waals surface area contributed by atoms with Crippen molar-refractivity contribution in [2.75, 3.05) is 5.32 Å². The van der Waals surface area contributed by atoms with Gasteiger partial charge >= 0.3 is 0 Å². The third-order valence-corrected chi connectivity index (χ3v) is 5.21. The molecule has 2 aromatic heterocycles. The highest BCUT2D eigenvalue weighted by atomic mass is 32.2. The predicted octanol–water partition coefficient (Wildman–Crippen LogP) is 2.00. The first-order valence-corrected chi connectivity index (χ1v) is 10.1. The number of carbonyl (C=O) groups excluding carboxylic acids is 1. The highest BCUT2D eigenvalue weighted by Crippen LogP contribution is 2.22. The van der Waals surface area contributed by atoms with E-state index in [9.17, 15) is 13.2 Å². The molecule has 0 aliphatic heterocycles. The minimum Gasteiger partial charge on any atom is -0.322 e. The molecule has 0 saturated carbocycles. The highest BCUT2D eigenvalue weighted by Gasteiger charge is 2.11. The number of anilines is 1. The molecule has 4 aromatic rings. The SMILES string of the molecule is Cc1nnc2ccc(-c3cccc(NC(=O)c4ccc(S(N)(=O)=O)cc4)c3)nn12. The molecule has 4 rings (SSSR count). The molecule has 10 heteroatoms. The Morgan fingerprint density at radius 1 is 1.03 bits per heavy atom. The topological polar surface area (TPSA) is 132 Å². The van der Waals surface area contributed by atoms with Crippen LogP contribution in [0.15, 0.2) is 65.6 Å². The summed E-state index contributed by atoms with van der Waals surface area (Å²) in [6, 6.07) is 16.3. The molecule has 0 atom stereocenters. The van der Waals surface area contributed by atoms with E-state index in [1.165, 1.54) is 24.3 Å². The summed E-state index contributed by atoms with van der Waals surface area (Å²) in [6.45, 7) is 1.81. The maximum absolute atomic E-state index is 12.5. The molecule has 0 saturated heterocycles. The number of rotatable bonds is 4. The Bertz CT molecular complexity index is 1330. The standard InChI is InChI=1S/C19H16N6O3S/c1-12-22-23-18-10-9-17(24-25(12)18)14-3-2-4-15(11-14)21-19(26)13-5-7-16(8-6-13)29(20,27)28/h2-11H,1H3,(H,21,26)(H2,20,27,28). The van der Waals surface area contributed by atoms with E-state index in [1.807, 2.05) is 25.1 Å². The summed E-state index contributed by atoms with van der Waals surface area (Å²) in [5.74, 6) is 0.301. The number of amides is 1. The van der Waals surface area contributed by atoms with Crippen molar-refractivity contribution in [1.82, 2.24) is 19.8 Å². The fraction of sp³-hybridized carbons (Fsp3) is 0.0526. The lowest BCUT2D eigenvalue weighted by Gasteiger charge is -2.08. The summed E-state index contributed by atoms with van der Waals surface area (Å²) in [4.78, 5) is 12.4. The first-order chi connectivity index (χ1) is 13.8. The molecule has 2 aromatic carbocycles. The Hall–Kier alpha value is -3.63. The second-order valence-electron chi connectivity index (χ2n) is 6.34. The fourth-order valence-electron chi connectivity index (χ4n) is 2.81. The van der Waals surface area contributed by atoms with Crippen molar-refractivity contribution in [1.29, 1.82) is 0 Å². The number of benzene rings is 2. The molecule has 0 radical (unpaired) electrons. The molecule has 0 aliphatic rings. The quantitative estimate of drug-likeness (QED) is 0.531. The molecule has 2 heterocycles. The van der Waals surface area contributed by atoms with E-state index in [1.54, 1.807) is 22.7 Å². The van der Waals surface area contributed by atoms with Crippen LogP contribution in [-0.4, -0.2) is 34.1 Å². The maximum atomic E-state index is 12.5. The summed E-state index contributed by atoms with van der Waals surface area (Å²) >= 11 is 0. The fourth-order valence-corrected chi connectivity index (χ4v) is 3.32. The second-order valence-corrected chi connectivity index (χ2v) is 7.90. The van der Waals surface area contributed by atoms with Gasteiger partial charge in [-0.1, -0.05) is 12.1 Å². The molecule has 9 nitrogen and oxygen atoms in total. The summed E-state index contributed by atoms with van der Waals surface area (Å²) in [7, 11) is -3.80. The number of fused-ring (bicyclic) bond motifs is 1. The van der Waals surface area contributed by atoms with Crippen LogP contribution in [0.2, 0.25) is 0 Å². The van der Waals surface area contributed by atoms with E-state index >= 15 is 0 Å². The van der Waals surface area contributed by atoms with Gasteiger partial charge in [-0.3, -0.25) is 4.79 Å². The minimum absolute atomic E-state index is 0.0539. The smallest absolute Gasteiger partial charge is 0.255 e. The van der Waals surface area contributed by atoms with Gasteiger partial charge in [0.25, 0.3) is 5.91 Å². The maximum Gasteiger partial charge on any atom is 0.255 e. The second kappa shape index (κ2) is 7.08. The van der Waals surface area contributed by atoms with Gasteiger partial charge in [-0.2, -0.15) is 9.61 Å². The number of primary sulfonamides is 1. The van der Waals surface area contributed by atoms with E-state index in [0.717, 1.165) is 5.56 Å². The number of sulfonamides is 1. The molecule has 0 unspecified atom stereocenters. The first kappa shape index (κ1) is 18.7. The van der Waals surface area contributed by atoms with Crippen LogP contribution in [0.1, 0.15) is 16.2 Å². The largest absolute Gasteiger partial charge is 0.322 e. The van der Waals surface area contributed by atoms with Crippen LogP contribution in [0.4, 0.5) is 5.69 Å². The molecule has 0 spiro atoms. The number of nitrogens with two attached hydrogens (primary N) is 1. The Morgan fingerprint density at radius 3 is 2.52 bits per heavy atom. The number of hydrogen-bond acceptors (Lipinski definition) is 6. The van der Waals surface area contributed by atoms with Crippen molar-refractivity contribution in [2.24, 2.45) is 5.14 Å². The van der Waals surface area contributed by atoms with Gasteiger partial charge in [0.05, 0.1) is 10.6 Å². The predicted molar refractivity (Wildman–Crippen MR) is 107 cm³/mol. The molecule has 3 N–H and O–H groups in total. The van der Waals surface area contributed by atoms with Gasteiger partial charge < -0.3 is 5.32 Å². The van der Waals surface area contributed by atoms with Crippen molar-refractivity contribution < 1.29 is 13.2 Å². The summed E-state index contributed by atoms with van der Waals surface area (Å²) in [6.07, 6.45) is 0. The van der Waals surface area contributed by atoms with Crippen LogP contribution >= 0.6 is 0 Å². The average Bonchev–Trinajstić information content (AvgIpc) is 3.08. The molecule has 29 heavy (non-hydrogen) atoms.